The van der Waals surface area contributed by atoms with Crippen molar-refractivity contribution >= 4 is 5.91 Å². The number of nitrogens with two attached hydrogens (primary N) is 1. The molecule has 0 aliphatic heterocycles. The van der Waals surface area contributed by atoms with Crippen molar-refractivity contribution in [1.29, 1.82) is 0 Å². The van der Waals surface area contributed by atoms with Crippen LogP contribution < -0.4 is 11.1 Å². The molecule has 4 N–H and O–H groups in total. The second kappa shape index (κ2) is 5.72. The minimum absolute atomic E-state index is 0.400. The van der Waals surface area contributed by atoms with Crippen LogP contribution in [0.25, 0.3) is 0 Å². The Hall–Kier alpha value is -1.39. The van der Waals surface area contributed by atoms with E-state index in [4.69, 9.17) is 5.73 Å². The maximum Gasteiger partial charge on any atom is 0.248 e. The summed E-state index contributed by atoms with van der Waals surface area (Å²) in [6.45, 7) is 3.30. The molecule has 1 aromatic carbocycles. The van der Waals surface area contributed by atoms with Gasteiger partial charge in [0.05, 0.1) is 5.60 Å². The van der Waals surface area contributed by atoms with Gasteiger partial charge in [-0.2, -0.15) is 0 Å². The van der Waals surface area contributed by atoms with E-state index in [9.17, 15) is 9.90 Å². The molecule has 0 aromatic heterocycles. The second-order valence-electron chi connectivity index (χ2n) is 5.54. The molecule has 0 unspecified atom stereocenters. The quantitative estimate of drug-likeness (QED) is 0.752. The fourth-order valence-corrected chi connectivity index (χ4v) is 2.69. The first kappa shape index (κ1) is 14.0. The fraction of sp³-hybridized carbons (Fsp3) is 0.533. The molecule has 1 saturated carbocycles. The van der Waals surface area contributed by atoms with Crippen molar-refractivity contribution in [3.63, 3.8) is 0 Å². The van der Waals surface area contributed by atoms with Crippen LogP contribution in [0.15, 0.2) is 18.2 Å². The number of benzene rings is 1. The average Bonchev–Trinajstić information content (AvgIpc) is 2.78. The lowest BCUT2D eigenvalue weighted by Gasteiger charge is -2.22. The molecule has 1 fully saturated rings. The van der Waals surface area contributed by atoms with Crippen LogP contribution >= 0.6 is 0 Å². The zero-order chi connectivity index (χ0) is 13.9. The molecule has 2 rings (SSSR count). The molecule has 4 nitrogen and oxygen atoms in total. The Morgan fingerprint density at radius 2 is 2.11 bits per heavy atom. The van der Waals surface area contributed by atoms with Gasteiger partial charge in [-0.15, -0.1) is 0 Å². The second-order valence-corrected chi connectivity index (χ2v) is 5.54. The summed E-state index contributed by atoms with van der Waals surface area (Å²) in [5.41, 5.74) is 7.43. The van der Waals surface area contributed by atoms with Gasteiger partial charge in [-0.1, -0.05) is 18.9 Å². The Morgan fingerprint density at radius 3 is 2.68 bits per heavy atom. The van der Waals surface area contributed by atoms with Crippen LogP contribution in [0.2, 0.25) is 0 Å². The normalized spacial score (nSPS) is 17.6. The summed E-state index contributed by atoms with van der Waals surface area (Å²) in [5.74, 6) is -0.400. The van der Waals surface area contributed by atoms with E-state index in [0.717, 1.165) is 36.8 Å². The maximum atomic E-state index is 11.1. The van der Waals surface area contributed by atoms with E-state index in [-0.39, 0.29) is 0 Å². The Balaban J connectivity index is 1.91. The molecule has 1 amide bonds. The number of hydrogen-bond acceptors (Lipinski definition) is 3. The van der Waals surface area contributed by atoms with Crippen molar-refractivity contribution in [2.45, 2.75) is 44.8 Å². The van der Waals surface area contributed by atoms with Gasteiger partial charge in [0.25, 0.3) is 0 Å². The van der Waals surface area contributed by atoms with Crippen molar-refractivity contribution in [2.24, 2.45) is 5.73 Å². The van der Waals surface area contributed by atoms with Gasteiger partial charge in [0.15, 0.2) is 0 Å². The summed E-state index contributed by atoms with van der Waals surface area (Å²) in [6, 6.07) is 5.47. The molecule has 0 spiro atoms. The number of aliphatic hydroxyl groups is 1. The topological polar surface area (TPSA) is 75.4 Å². The molecule has 1 aliphatic rings. The van der Waals surface area contributed by atoms with Gasteiger partial charge >= 0.3 is 0 Å². The van der Waals surface area contributed by atoms with E-state index >= 15 is 0 Å². The first-order valence-electron chi connectivity index (χ1n) is 6.83. The molecule has 0 saturated heterocycles. The third-order valence-corrected chi connectivity index (χ3v) is 3.93. The highest BCUT2D eigenvalue weighted by Crippen LogP contribution is 2.28. The summed E-state index contributed by atoms with van der Waals surface area (Å²) >= 11 is 0. The number of carbonyl (C=O) groups is 1. The third-order valence-electron chi connectivity index (χ3n) is 3.93. The van der Waals surface area contributed by atoms with Gasteiger partial charge in [-0.25, -0.2) is 0 Å². The van der Waals surface area contributed by atoms with E-state index in [1.54, 1.807) is 6.07 Å². The van der Waals surface area contributed by atoms with E-state index in [1.165, 1.54) is 0 Å². The van der Waals surface area contributed by atoms with E-state index < -0.39 is 11.5 Å². The van der Waals surface area contributed by atoms with Gasteiger partial charge in [-0.05, 0) is 43.0 Å². The molecule has 104 valence electrons. The Kier molecular flexibility index (Phi) is 4.22. The number of nitrogens with one attached hydrogen (secondary N) is 1. The van der Waals surface area contributed by atoms with Gasteiger partial charge in [0, 0.05) is 18.7 Å². The summed E-state index contributed by atoms with van der Waals surface area (Å²) < 4.78 is 0. The van der Waals surface area contributed by atoms with Crippen LogP contribution in [0.4, 0.5) is 0 Å². The van der Waals surface area contributed by atoms with Gasteiger partial charge in [-0.3, -0.25) is 4.79 Å². The Labute approximate surface area is 114 Å². The predicted molar refractivity (Wildman–Crippen MR) is 74.8 cm³/mol. The molecule has 1 aromatic rings. The predicted octanol–water partition coefficient (Wildman–Crippen LogP) is 1.49. The maximum absolute atomic E-state index is 11.1. The monoisotopic (exact) mass is 262 g/mol. The Morgan fingerprint density at radius 1 is 1.42 bits per heavy atom. The zero-order valence-electron chi connectivity index (χ0n) is 11.4. The largest absolute Gasteiger partial charge is 0.389 e. The van der Waals surface area contributed by atoms with E-state index in [0.29, 0.717) is 18.7 Å². The number of amides is 1. The summed E-state index contributed by atoms with van der Waals surface area (Å²) in [5, 5.41) is 13.5. The van der Waals surface area contributed by atoms with Gasteiger partial charge < -0.3 is 16.2 Å². The highest BCUT2D eigenvalue weighted by Gasteiger charge is 2.30. The van der Waals surface area contributed by atoms with Crippen LogP contribution in [-0.4, -0.2) is 23.2 Å². The molecule has 0 bridgehead atoms. The van der Waals surface area contributed by atoms with Crippen LogP contribution in [-0.2, 0) is 6.54 Å². The number of rotatable bonds is 5. The SMILES string of the molecule is Cc1cc(C(N)=O)ccc1CNCC1(O)CCCC1. The number of hydrogen-bond donors (Lipinski definition) is 3. The fourth-order valence-electron chi connectivity index (χ4n) is 2.69. The lowest BCUT2D eigenvalue weighted by molar-refractivity contribution is 0.0474. The van der Waals surface area contributed by atoms with E-state index in [1.807, 2.05) is 19.1 Å². The van der Waals surface area contributed by atoms with Crippen LogP contribution in [0.1, 0.15) is 47.2 Å². The standard InChI is InChI=1S/C15H22N2O2/c1-11-8-12(14(16)18)4-5-13(11)9-17-10-15(19)6-2-3-7-15/h4-5,8,17,19H,2-3,6-7,9-10H2,1H3,(H2,16,18). The highest BCUT2D eigenvalue weighted by atomic mass is 16.3. The van der Waals surface area contributed by atoms with Gasteiger partial charge in [0.2, 0.25) is 5.91 Å². The first-order valence-corrected chi connectivity index (χ1v) is 6.83. The van der Waals surface area contributed by atoms with Crippen LogP contribution in [0, 0.1) is 6.92 Å². The lowest BCUT2D eigenvalue weighted by Crippen LogP contribution is -2.37. The van der Waals surface area contributed by atoms with Crippen molar-refractivity contribution in [3.05, 3.63) is 34.9 Å². The van der Waals surface area contributed by atoms with Crippen molar-refractivity contribution in [1.82, 2.24) is 5.32 Å². The highest BCUT2D eigenvalue weighted by molar-refractivity contribution is 5.93. The van der Waals surface area contributed by atoms with Crippen molar-refractivity contribution in [2.75, 3.05) is 6.54 Å². The smallest absolute Gasteiger partial charge is 0.248 e. The molecule has 19 heavy (non-hydrogen) atoms. The first-order chi connectivity index (χ1) is 9.00. The summed E-state index contributed by atoms with van der Waals surface area (Å²) in [4.78, 5) is 11.1. The van der Waals surface area contributed by atoms with Crippen molar-refractivity contribution < 1.29 is 9.90 Å². The number of aryl methyl sites for hydroxylation is 1. The molecular weight excluding hydrogens is 240 g/mol. The van der Waals surface area contributed by atoms with Crippen LogP contribution in [0.3, 0.4) is 0 Å². The molecule has 1 aliphatic carbocycles. The minimum atomic E-state index is -0.527. The summed E-state index contributed by atoms with van der Waals surface area (Å²) in [6.07, 6.45) is 4.01. The molecule has 0 heterocycles. The average molecular weight is 262 g/mol. The number of primary amides is 1. The lowest BCUT2D eigenvalue weighted by atomic mass is 10.0. The van der Waals surface area contributed by atoms with E-state index in [2.05, 4.69) is 5.32 Å². The molecular formula is C15H22N2O2. The van der Waals surface area contributed by atoms with Crippen molar-refractivity contribution in [3.8, 4) is 0 Å². The molecule has 0 radical (unpaired) electrons. The molecule has 0 atom stereocenters. The zero-order valence-corrected chi connectivity index (χ0v) is 11.4. The summed E-state index contributed by atoms with van der Waals surface area (Å²) in [7, 11) is 0. The third kappa shape index (κ3) is 3.55. The Bertz CT molecular complexity index is 465. The molecule has 4 heteroatoms. The van der Waals surface area contributed by atoms with Gasteiger partial charge in [0.1, 0.15) is 0 Å². The number of carbonyl (C=O) groups excluding carboxylic acids is 1. The minimum Gasteiger partial charge on any atom is -0.389 e. The van der Waals surface area contributed by atoms with Crippen LogP contribution in [0.5, 0.6) is 0 Å².